The van der Waals surface area contributed by atoms with Crippen LogP contribution in [-0.2, 0) is 11.8 Å². The Morgan fingerprint density at radius 3 is 1.80 bits per heavy atom. The van der Waals surface area contributed by atoms with Gasteiger partial charge in [0.15, 0.2) is 0 Å². The second-order valence-electron chi connectivity index (χ2n) is 13.5. The molecular formula is C37H62O3. The highest BCUT2D eigenvalue weighted by Gasteiger charge is 2.31. The standard InChI is InChI=1S/C33H52O3.C4H10/c1-9-12-26(19-20-34)23-36-30-17-16-29(22-25(30)5)33(10-2,11-3)28-15-13-27(24(4)21-28)14-18-31(35)32(6,7)8;1-4(2)3/h13,15-17,21-22,26,31,34-35H,9-12,14,18-20,23H2,1-8H3;4H,1-3H3. The predicted octanol–water partition coefficient (Wildman–Crippen LogP) is 9.59. The lowest BCUT2D eigenvalue weighted by atomic mass is 9.69. The summed E-state index contributed by atoms with van der Waals surface area (Å²) >= 11 is 0. The largest absolute Gasteiger partial charge is 0.493 e. The maximum absolute atomic E-state index is 10.5. The molecule has 2 unspecified atom stereocenters. The average Bonchev–Trinajstić information content (AvgIpc) is 2.88. The molecular weight excluding hydrogens is 492 g/mol. The van der Waals surface area contributed by atoms with E-state index >= 15 is 0 Å². The third-order valence-electron chi connectivity index (χ3n) is 8.23. The molecule has 0 saturated carbocycles. The van der Waals surface area contributed by atoms with Crippen LogP contribution < -0.4 is 4.74 Å². The first-order valence-corrected chi connectivity index (χ1v) is 15.9. The van der Waals surface area contributed by atoms with Crippen LogP contribution in [-0.4, -0.2) is 29.5 Å². The summed E-state index contributed by atoms with van der Waals surface area (Å²) in [6.07, 6.45) is 6.43. The molecule has 0 aliphatic rings. The summed E-state index contributed by atoms with van der Waals surface area (Å²) in [4.78, 5) is 0. The molecule has 3 heteroatoms. The molecule has 2 N–H and O–H groups in total. The van der Waals surface area contributed by atoms with E-state index < -0.39 is 0 Å². The Bertz CT molecular complexity index is 973. The van der Waals surface area contributed by atoms with E-state index in [0.717, 1.165) is 56.6 Å². The molecule has 0 saturated heterocycles. The second kappa shape index (κ2) is 17.2. The number of aliphatic hydroxyl groups excluding tert-OH is 2. The van der Waals surface area contributed by atoms with Crippen LogP contribution in [0, 0.1) is 31.1 Å². The molecule has 2 aromatic rings. The summed E-state index contributed by atoms with van der Waals surface area (Å²) in [5, 5.41) is 19.9. The average molecular weight is 555 g/mol. The van der Waals surface area contributed by atoms with Gasteiger partial charge in [-0.2, -0.15) is 0 Å². The highest BCUT2D eigenvalue weighted by Crippen LogP contribution is 2.41. The summed E-state index contributed by atoms with van der Waals surface area (Å²) in [5.41, 5.74) is 6.38. The summed E-state index contributed by atoms with van der Waals surface area (Å²) in [5.74, 6) is 2.18. The van der Waals surface area contributed by atoms with E-state index in [0.29, 0.717) is 12.5 Å². The number of aliphatic hydroxyl groups is 2. The SMILES string of the molecule is CC(C)C.CCCC(CCO)COc1ccc(C(CC)(CC)c2ccc(CCC(O)C(C)(C)C)c(C)c2)cc1C. The first kappa shape index (κ1) is 36.2. The van der Waals surface area contributed by atoms with Crippen molar-refractivity contribution in [3.05, 3.63) is 64.2 Å². The van der Waals surface area contributed by atoms with Gasteiger partial charge < -0.3 is 14.9 Å². The van der Waals surface area contributed by atoms with Gasteiger partial charge in [-0.05, 0) is 104 Å². The van der Waals surface area contributed by atoms with Crippen molar-refractivity contribution < 1.29 is 14.9 Å². The molecule has 0 fully saturated rings. The van der Waals surface area contributed by atoms with Gasteiger partial charge in [0, 0.05) is 12.0 Å². The van der Waals surface area contributed by atoms with Gasteiger partial charge in [0.2, 0.25) is 0 Å². The zero-order valence-corrected chi connectivity index (χ0v) is 27.9. The van der Waals surface area contributed by atoms with Crippen molar-refractivity contribution in [2.24, 2.45) is 17.3 Å². The molecule has 0 radical (unpaired) electrons. The minimum atomic E-state index is -0.299. The lowest BCUT2D eigenvalue weighted by Crippen LogP contribution is -2.27. The fourth-order valence-corrected chi connectivity index (χ4v) is 5.45. The van der Waals surface area contributed by atoms with Crippen LogP contribution >= 0.6 is 0 Å². The van der Waals surface area contributed by atoms with Gasteiger partial charge in [-0.3, -0.25) is 0 Å². The highest BCUT2D eigenvalue weighted by molar-refractivity contribution is 5.47. The molecule has 0 spiro atoms. The number of hydrogen-bond donors (Lipinski definition) is 2. The molecule has 40 heavy (non-hydrogen) atoms. The summed E-state index contributed by atoms with van der Waals surface area (Å²) in [7, 11) is 0. The first-order valence-electron chi connectivity index (χ1n) is 15.9. The van der Waals surface area contributed by atoms with Crippen LogP contribution in [0.5, 0.6) is 5.75 Å². The minimum absolute atomic E-state index is 0.0425. The van der Waals surface area contributed by atoms with Crippen LogP contribution in [0.1, 0.15) is 129 Å². The third kappa shape index (κ3) is 10.9. The van der Waals surface area contributed by atoms with Gasteiger partial charge in [-0.15, -0.1) is 0 Å². The Kier molecular flexibility index (Phi) is 15.6. The second-order valence-corrected chi connectivity index (χ2v) is 13.5. The van der Waals surface area contributed by atoms with Crippen LogP contribution in [0.25, 0.3) is 0 Å². The molecule has 0 heterocycles. The summed E-state index contributed by atoms with van der Waals surface area (Å²) in [6, 6.07) is 13.7. The predicted molar refractivity (Wildman–Crippen MR) is 174 cm³/mol. The quantitative estimate of drug-likeness (QED) is 0.244. The van der Waals surface area contributed by atoms with Crippen LogP contribution in [0.2, 0.25) is 0 Å². The van der Waals surface area contributed by atoms with Crippen molar-refractivity contribution in [3.8, 4) is 5.75 Å². The van der Waals surface area contributed by atoms with Gasteiger partial charge >= 0.3 is 0 Å². The molecule has 228 valence electrons. The van der Waals surface area contributed by atoms with Crippen LogP contribution in [0.15, 0.2) is 36.4 Å². The highest BCUT2D eigenvalue weighted by atomic mass is 16.5. The van der Waals surface area contributed by atoms with E-state index in [1.54, 1.807) is 0 Å². The lowest BCUT2D eigenvalue weighted by Gasteiger charge is -2.34. The van der Waals surface area contributed by atoms with Gasteiger partial charge in [0.05, 0.1) is 12.7 Å². The van der Waals surface area contributed by atoms with Gasteiger partial charge in [-0.25, -0.2) is 0 Å². The summed E-state index contributed by atoms with van der Waals surface area (Å²) in [6.45, 7) is 24.8. The minimum Gasteiger partial charge on any atom is -0.493 e. The lowest BCUT2D eigenvalue weighted by molar-refractivity contribution is 0.0560. The van der Waals surface area contributed by atoms with Crippen molar-refractivity contribution in [2.75, 3.05) is 13.2 Å². The van der Waals surface area contributed by atoms with Crippen molar-refractivity contribution in [1.29, 1.82) is 0 Å². The van der Waals surface area contributed by atoms with Gasteiger partial charge in [-0.1, -0.05) is 99.1 Å². The fourth-order valence-electron chi connectivity index (χ4n) is 5.45. The summed E-state index contributed by atoms with van der Waals surface area (Å²) < 4.78 is 6.22. The molecule has 0 bridgehead atoms. The first-order chi connectivity index (χ1) is 18.7. The Morgan fingerprint density at radius 2 is 1.35 bits per heavy atom. The molecule has 3 nitrogen and oxygen atoms in total. The van der Waals surface area contributed by atoms with Crippen molar-refractivity contribution in [2.45, 2.75) is 133 Å². The Morgan fingerprint density at radius 1 is 0.800 bits per heavy atom. The smallest absolute Gasteiger partial charge is 0.122 e. The van der Waals surface area contributed by atoms with Crippen molar-refractivity contribution >= 4 is 0 Å². The van der Waals surface area contributed by atoms with E-state index in [1.807, 2.05) is 0 Å². The molecule has 2 aromatic carbocycles. The van der Waals surface area contributed by atoms with Crippen molar-refractivity contribution in [1.82, 2.24) is 0 Å². The molecule has 2 atom stereocenters. The maximum Gasteiger partial charge on any atom is 0.122 e. The number of rotatable bonds is 14. The normalized spacial score (nSPS) is 13.6. The Labute approximate surface area is 247 Å². The van der Waals surface area contributed by atoms with Crippen molar-refractivity contribution in [3.63, 3.8) is 0 Å². The van der Waals surface area contributed by atoms with E-state index in [1.165, 1.54) is 27.8 Å². The number of aryl methyl sites for hydroxylation is 3. The molecule has 0 aliphatic carbocycles. The van der Waals surface area contributed by atoms with E-state index in [4.69, 9.17) is 4.74 Å². The topological polar surface area (TPSA) is 49.7 Å². The zero-order chi connectivity index (χ0) is 30.5. The van der Waals surface area contributed by atoms with Crippen LogP contribution in [0.4, 0.5) is 0 Å². The molecule has 2 rings (SSSR count). The van der Waals surface area contributed by atoms with Crippen LogP contribution in [0.3, 0.4) is 0 Å². The maximum atomic E-state index is 10.5. The fraction of sp³-hybridized carbons (Fsp3) is 0.676. The number of benzene rings is 2. The Balaban J connectivity index is 0.00000187. The van der Waals surface area contributed by atoms with E-state index in [9.17, 15) is 10.2 Å². The third-order valence-corrected chi connectivity index (χ3v) is 8.23. The van der Waals surface area contributed by atoms with E-state index in [-0.39, 0.29) is 23.5 Å². The zero-order valence-electron chi connectivity index (χ0n) is 27.9. The Hall–Kier alpha value is -1.84. The molecule has 0 aliphatic heterocycles. The van der Waals surface area contributed by atoms with E-state index in [2.05, 4.69) is 113 Å². The number of hydrogen-bond acceptors (Lipinski definition) is 3. The molecule has 0 amide bonds. The van der Waals surface area contributed by atoms with Gasteiger partial charge in [0.25, 0.3) is 0 Å². The molecule has 0 aromatic heterocycles. The number of ether oxygens (including phenoxy) is 1. The monoisotopic (exact) mass is 554 g/mol. The van der Waals surface area contributed by atoms with Gasteiger partial charge in [0.1, 0.15) is 5.75 Å².